The molecule has 2 aromatic carbocycles. The number of azide groups is 1. The lowest BCUT2D eigenvalue weighted by atomic mass is 9.86. The van der Waals surface area contributed by atoms with Crippen molar-refractivity contribution in [2.75, 3.05) is 19.8 Å². The van der Waals surface area contributed by atoms with E-state index < -0.39 is 43.1 Å². The molecule has 10 rings (SSSR count). The van der Waals surface area contributed by atoms with Crippen molar-refractivity contribution in [2.24, 2.45) is 10.8 Å². The zero-order chi connectivity index (χ0) is 52.0. The first kappa shape index (κ1) is 54.2. The van der Waals surface area contributed by atoms with Crippen molar-refractivity contribution < 1.29 is 51.6 Å². The van der Waals surface area contributed by atoms with Crippen molar-refractivity contribution >= 4 is 42.3 Å². The second-order valence-corrected chi connectivity index (χ2v) is 18.6. The molecule has 6 aromatic rings. The number of aryl methyl sites for hydroxylation is 2. The first-order chi connectivity index (χ1) is 34.4. The fraction of sp³-hybridized carbons (Fsp3) is 0.412. The number of esters is 2. The fourth-order valence-corrected chi connectivity index (χ4v) is 10.4. The molecule has 0 bridgehead atoms. The Kier molecular flexibility index (Phi) is 16.0. The standard InChI is InChI=1S/C22H18FN5O4.C22H20FN3O4.C6H15O3P.CH4/c1-3-22(31)15-5-18-19-13(8-28(18)20(29)14(15)9-32-21(22)30)12(7-25-27-24)11-4-10(2)16(23)6-17(11)26-19;1-3-22(29)15-5-18-19-13(8-26(18)20(27)14(15)9-30-21(22)28)12(7-24)11-4-10(2)16(23)6-17(11)25-19;1-4-7-10(8-5-2)9-6-3;/h4-6,31H,3,7-9H2,1-2H3;4-6,29H,3,7-9,24H2,1-2H3;4-6H2,1-3H3;1H4/t2*22-;;/m00../s1. The predicted octanol–water partition coefficient (Wildman–Crippen LogP) is 8.28. The Bertz CT molecular complexity index is 3380. The van der Waals surface area contributed by atoms with E-state index in [-0.39, 0.29) is 93.3 Å². The van der Waals surface area contributed by atoms with Gasteiger partial charge in [0.15, 0.2) is 11.2 Å². The number of hydrogen-bond donors (Lipinski definition) is 3. The Morgan fingerprint density at radius 3 is 1.51 bits per heavy atom. The molecule has 0 fully saturated rings. The second-order valence-electron chi connectivity index (χ2n) is 17.3. The van der Waals surface area contributed by atoms with Crippen LogP contribution in [0.1, 0.15) is 111 Å². The molecule has 4 N–H and O–H groups in total. The van der Waals surface area contributed by atoms with Crippen molar-refractivity contribution in [3.8, 4) is 22.8 Å². The van der Waals surface area contributed by atoms with Gasteiger partial charge in [0.25, 0.3) is 11.1 Å². The van der Waals surface area contributed by atoms with E-state index in [4.69, 9.17) is 34.3 Å². The van der Waals surface area contributed by atoms with Crippen LogP contribution in [-0.4, -0.2) is 61.1 Å². The summed E-state index contributed by atoms with van der Waals surface area (Å²) in [5.41, 5.74) is 17.8. The Hall–Kier alpha value is -6.54. The van der Waals surface area contributed by atoms with Gasteiger partial charge in [-0.2, -0.15) is 0 Å². The van der Waals surface area contributed by atoms with Crippen LogP contribution in [0.4, 0.5) is 8.78 Å². The van der Waals surface area contributed by atoms with E-state index in [1.54, 1.807) is 56.5 Å². The molecular formula is C51H57F2N8O11P. The van der Waals surface area contributed by atoms with E-state index in [1.807, 2.05) is 20.8 Å². The highest BCUT2D eigenvalue weighted by Gasteiger charge is 2.47. The van der Waals surface area contributed by atoms with Crippen LogP contribution in [0.2, 0.25) is 0 Å². The molecule has 8 heterocycles. The quantitative estimate of drug-likeness (QED) is 0.0362. The molecule has 0 aliphatic carbocycles. The number of carbonyl (C=O) groups excluding carboxylic acids is 2. The lowest BCUT2D eigenvalue weighted by Gasteiger charge is -2.31. The lowest BCUT2D eigenvalue weighted by Crippen LogP contribution is -2.44. The van der Waals surface area contributed by atoms with Gasteiger partial charge in [0.2, 0.25) is 0 Å². The maximum atomic E-state index is 14.3. The van der Waals surface area contributed by atoms with Gasteiger partial charge in [0.1, 0.15) is 24.8 Å². The van der Waals surface area contributed by atoms with Gasteiger partial charge >= 0.3 is 20.5 Å². The third-order valence-corrected chi connectivity index (χ3v) is 14.8. The normalized spacial score (nSPS) is 17.6. The average Bonchev–Trinajstić information content (AvgIpc) is 3.92. The number of cyclic esters (lactones) is 2. The molecule has 2 atom stereocenters. The molecule has 386 valence electrons. The Morgan fingerprint density at radius 2 is 1.12 bits per heavy atom. The Balaban J connectivity index is 0.000000179. The van der Waals surface area contributed by atoms with Crippen LogP contribution >= 0.6 is 8.60 Å². The Morgan fingerprint density at radius 1 is 0.712 bits per heavy atom. The van der Waals surface area contributed by atoms with E-state index >= 15 is 0 Å². The van der Waals surface area contributed by atoms with E-state index in [2.05, 4.69) is 20.0 Å². The average molecular weight is 1030 g/mol. The molecule has 0 saturated heterocycles. The zero-order valence-electron chi connectivity index (χ0n) is 40.7. The maximum absolute atomic E-state index is 14.3. The largest absolute Gasteiger partial charge is 0.458 e. The fourth-order valence-electron chi connectivity index (χ4n) is 9.53. The van der Waals surface area contributed by atoms with Crippen molar-refractivity contribution in [1.29, 1.82) is 0 Å². The second kappa shape index (κ2) is 21.5. The van der Waals surface area contributed by atoms with E-state index in [9.17, 15) is 38.2 Å². The highest BCUT2D eigenvalue weighted by atomic mass is 31.2. The van der Waals surface area contributed by atoms with Crippen LogP contribution < -0.4 is 16.9 Å². The van der Waals surface area contributed by atoms with Gasteiger partial charge in [-0.1, -0.05) is 26.4 Å². The minimum atomic E-state index is -1.93. The third-order valence-electron chi connectivity index (χ3n) is 13.4. The van der Waals surface area contributed by atoms with Crippen molar-refractivity contribution in [3.05, 3.63) is 135 Å². The van der Waals surface area contributed by atoms with Gasteiger partial charge in [-0.15, -0.1) is 0 Å². The number of nitrogens with two attached hydrogens (primary N) is 1. The maximum Gasteiger partial charge on any atom is 0.343 e. The molecule has 22 heteroatoms. The van der Waals surface area contributed by atoms with Crippen LogP contribution in [-0.2, 0) is 83.2 Å². The number of nitrogens with zero attached hydrogens (tertiary/aromatic N) is 7. The first-order valence-corrected chi connectivity index (χ1v) is 24.5. The zero-order valence-corrected chi connectivity index (χ0v) is 41.6. The molecule has 4 aliphatic heterocycles. The lowest BCUT2D eigenvalue weighted by molar-refractivity contribution is -0.172. The van der Waals surface area contributed by atoms with Gasteiger partial charge < -0.3 is 48.1 Å². The number of benzene rings is 2. The molecule has 0 spiro atoms. The summed E-state index contributed by atoms with van der Waals surface area (Å²) in [4.78, 5) is 63.2. The summed E-state index contributed by atoms with van der Waals surface area (Å²) in [6.07, 6.45) is 0.102. The third kappa shape index (κ3) is 9.29. The van der Waals surface area contributed by atoms with Gasteiger partial charge in [0.05, 0.1) is 84.4 Å². The number of rotatable bonds is 11. The number of hydrogen-bond acceptors (Lipinski definition) is 15. The number of aliphatic hydroxyl groups is 2. The van der Waals surface area contributed by atoms with Gasteiger partial charge in [-0.3, -0.25) is 9.59 Å². The van der Waals surface area contributed by atoms with Gasteiger partial charge in [-0.25, -0.2) is 28.3 Å². The first-order valence-electron chi connectivity index (χ1n) is 23.4. The number of pyridine rings is 4. The van der Waals surface area contributed by atoms with Crippen LogP contribution in [0.3, 0.4) is 0 Å². The van der Waals surface area contributed by atoms with Crippen LogP contribution in [0, 0.1) is 25.5 Å². The van der Waals surface area contributed by atoms with E-state index in [0.29, 0.717) is 81.3 Å². The number of fused-ring (bicyclic) bond motifs is 10. The number of carbonyl (C=O) groups is 2. The summed E-state index contributed by atoms with van der Waals surface area (Å²) in [6.45, 7) is 14.5. The van der Waals surface area contributed by atoms with E-state index in [0.717, 1.165) is 16.5 Å². The monoisotopic (exact) mass is 1030 g/mol. The summed E-state index contributed by atoms with van der Waals surface area (Å²) < 4.78 is 57.1. The molecule has 0 amide bonds. The summed E-state index contributed by atoms with van der Waals surface area (Å²) >= 11 is 0. The summed E-state index contributed by atoms with van der Waals surface area (Å²) in [5.74, 6) is -2.37. The van der Waals surface area contributed by atoms with Crippen LogP contribution in [0.25, 0.3) is 55.0 Å². The summed E-state index contributed by atoms with van der Waals surface area (Å²) in [6, 6.07) is 9.27. The highest BCUT2D eigenvalue weighted by molar-refractivity contribution is 7.41. The number of ether oxygens (including phenoxy) is 2. The molecular weight excluding hydrogens is 970 g/mol. The molecule has 19 nitrogen and oxygen atoms in total. The minimum absolute atomic E-state index is 0. The van der Waals surface area contributed by atoms with Crippen molar-refractivity contribution in [2.45, 2.75) is 119 Å². The predicted molar refractivity (Wildman–Crippen MR) is 268 cm³/mol. The molecule has 0 radical (unpaired) electrons. The van der Waals surface area contributed by atoms with Crippen LogP contribution in [0.5, 0.6) is 0 Å². The minimum Gasteiger partial charge on any atom is -0.458 e. The van der Waals surface area contributed by atoms with Crippen molar-refractivity contribution in [1.82, 2.24) is 19.1 Å². The van der Waals surface area contributed by atoms with E-state index in [1.165, 1.54) is 16.7 Å². The highest BCUT2D eigenvalue weighted by Crippen LogP contribution is 2.43. The number of aromatic nitrogens is 4. The van der Waals surface area contributed by atoms with Gasteiger partial charge in [-0.05, 0) is 99.5 Å². The summed E-state index contributed by atoms with van der Waals surface area (Å²) in [5, 5.41) is 27.0. The smallest absolute Gasteiger partial charge is 0.343 e. The topological polar surface area (TPSA) is 265 Å². The number of halogens is 2. The SMILES string of the molecule is C.CCOP(OCC)OCC.CC[C@@]1(O)C(=O)OCc2c1cc1n(c2=O)Cc2c-1nc1cc(F)c(C)cc1c2CN.CC[C@@]1(O)C(=O)OCc2c1cc1n(c2=O)Cc2c-1nc1cc(F)c(C)cc1c2CN=[N+]=[N-]. The molecule has 4 aliphatic rings. The van der Waals surface area contributed by atoms with Crippen molar-refractivity contribution in [3.63, 3.8) is 0 Å². The molecule has 0 unspecified atom stereocenters. The molecule has 4 aromatic heterocycles. The summed E-state index contributed by atoms with van der Waals surface area (Å²) in [7, 11) is -1.06. The molecule has 0 saturated carbocycles. The van der Waals surface area contributed by atoms with Gasteiger partial charge in [0, 0.05) is 56.6 Å². The van der Waals surface area contributed by atoms with Crippen LogP contribution in [0.15, 0.2) is 51.1 Å². The Labute approximate surface area is 419 Å². The molecule has 73 heavy (non-hydrogen) atoms.